The first-order valence-corrected chi connectivity index (χ1v) is 8.14. The molecule has 1 saturated carbocycles. The fourth-order valence-corrected chi connectivity index (χ4v) is 5.48. The van der Waals surface area contributed by atoms with Crippen LogP contribution in [0.15, 0.2) is 36.0 Å². The second-order valence-corrected chi connectivity index (χ2v) is 7.82. The van der Waals surface area contributed by atoms with Crippen molar-refractivity contribution in [3.05, 3.63) is 36.0 Å². The Kier molecular flexibility index (Phi) is 2.50. The van der Waals surface area contributed by atoms with Gasteiger partial charge in [-0.1, -0.05) is 38.2 Å². The van der Waals surface area contributed by atoms with Gasteiger partial charge in [0.15, 0.2) is 5.78 Å². The van der Waals surface area contributed by atoms with Crippen LogP contribution in [0.5, 0.6) is 0 Å². The number of allylic oxidation sites excluding steroid dienone is 6. The van der Waals surface area contributed by atoms with Crippen molar-refractivity contribution < 1.29 is 4.79 Å². The summed E-state index contributed by atoms with van der Waals surface area (Å²) in [6.45, 7) is 4.86. The lowest BCUT2D eigenvalue weighted by Gasteiger charge is -2.54. The van der Waals surface area contributed by atoms with Crippen LogP contribution < -0.4 is 0 Å². The summed E-state index contributed by atoms with van der Waals surface area (Å²) in [7, 11) is 0. The zero-order chi connectivity index (χ0) is 14.0. The summed E-state index contributed by atoms with van der Waals surface area (Å²) >= 11 is 0. The topological polar surface area (TPSA) is 17.1 Å². The minimum atomic E-state index is 0.247. The van der Waals surface area contributed by atoms with Gasteiger partial charge in [-0.15, -0.1) is 0 Å². The zero-order valence-electron chi connectivity index (χ0n) is 12.6. The number of ketones is 1. The summed E-state index contributed by atoms with van der Waals surface area (Å²) in [5.74, 6) is 2.56. The van der Waals surface area contributed by atoms with Gasteiger partial charge in [-0.2, -0.15) is 0 Å². The lowest BCUT2D eigenvalue weighted by Crippen LogP contribution is -2.47. The van der Waals surface area contributed by atoms with Gasteiger partial charge in [0.2, 0.25) is 0 Å². The fraction of sp³-hybridized carbons (Fsp3) is 0.632. The third kappa shape index (κ3) is 1.52. The maximum absolute atomic E-state index is 11.7. The van der Waals surface area contributed by atoms with Gasteiger partial charge in [-0.3, -0.25) is 4.79 Å². The molecular formula is C19H24O. The van der Waals surface area contributed by atoms with Crippen molar-refractivity contribution in [2.24, 2.45) is 28.6 Å². The molecule has 1 heteroatoms. The van der Waals surface area contributed by atoms with E-state index in [2.05, 4.69) is 38.2 Å². The normalized spacial score (nSPS) is 49.4. The van der Waals surface area contributed by atoms with Crippen LogP contribution >= 0.6 is 0 Å². The van der Waals surface area contributed by atoms with E-state index in [-0.39, 0.29) is 5.41 Å². The Bertz CT molecular complexity index is 552. The summed E-state index contributed by atoms with van der Waals surface area (Å²) in [4.78, 5) is 11.7. The van der Waals surface area contributed by atoms with E-state index in [1.807, 2.05) is 6.08 Å². The van der Waals surface area contributed by atoms with Gasteiger partial charge < -0.3 is 0 Å². The number of rotatable bonds is 0. The van der Waals surface area contributed by atoms with Crippen LogP contribution in [0.2, 0.25) is 0 Å². The molecule has 1 nitrogen and oxygen atoms in total. The summed E-state index contributed by atoms with van der Waals surface area (Å²) in [5.41, 5.74) is 1.98. The third-order valence-corrected chi connectivity index (χ3v) is 6.84. The second kappa shape index (κ2) is 3.96. The highest BCUT2D eigenvalue weighted by molar-refractivity contribution is 5.92. The van der Waals surface area contributed by atoms with E-state index in [0.717, 1.165) is 24.7 Å². The number of hydrogen-bond acceptors (Lipinski definition) is 1. The maximum atomic E-state index is 11.7. The van der Waals surface area contributed by atoms with E-state index in [0.29, 0.717) is 17.1 Å². The summed E-state index contributed by atoms with van der Waals surface area (Å²) in [5, 5.41) is 0. The predicted molar refractivity (Wildman–Crippen MR) is 81.1 cm³/mol. The van der Waals surface area contributed by atoms with Crippen molar-refractivity contribution in [2.75, 3.05) is 0 Å². The van der Waals surface area contributed by atoms with Crippen LogP contribution in [0, 0.1) is 28.6 Å². The number of fused-ring (bicyclic) bond motifs is 5. The van der Waals surface area contributed by atoms with Gasteiger partial charge in [0, 0.05) is 6.42 Å². The maximum Gasteiger partial charge on any atom is 0.156 e. The van der Waals surface area contributed by atoms with E-state index >= 15 is 0 Å². The molecule has 0 aromatic rings. The molecule has 0 spiro atoms. The Morgan fingerprint density at radius 1 is 1.20 bits per heavy atom. The molecular weight excluding hydrogens is 244 g/mol. The summed E-state index contributed by atoms with van der Waals surface area (Å²) in [6.07, 6.45) is 17.2. The lowest BCUT2D eigenvalue weighted by molar-refractivity contribution is -0.116. The smallest absolute Gasteiger partial charge is 0.156 e. The van der Waals surface area contributed by atoms with Crippen molar-refractivity contribution in [2.45, 2.75) is 46.0 Å². The van der Waals surface area contributed by atoms with Crippen molar-refractivity contribution >= 4 is 5.78 Å². The molecule has 0 bridgehead atoms. The highest BCUT2D eigenvalue weighted by atomic mass is 16.1. The summed E-state index contributed by atoms with van der Waals surface area (Å²) in [6, 6.07) is 0. The number of carbonyl (C=O) groups is 1. The average molecular weight is 268 g/mol. The zero-order valence-corrected chi connectivity index (χ0v) is 12.6. The molecule has 1 fully saturated rings. The van der Waals surface area contributed by atoms with Crippen LogP contribution in [-0.4, -0.2) is 5.78 Å². The van der Waals surface area contributed by atoms with E-state index in [1.54, 1.807) is 0 Å². The molecule has 20 heavy (non-hydrogen) atoms. The van der Waals surface area contributed by atoms with Gasteiger partial charge in [0.25, 0.3) is 0 Å². The molecule has 106 valence electrons. The Hall–Kier alpha value is -1.11. The molecule has 5 atom stereocenters. The molecule has 4 aliphatic rings. The molecule has 0 aromatic heterocycles. The van der Waals surface area contributed by atoms with Crippen LogP contribution in [-0.2, 0) is 4.79 Å². The van der Waals surface area contributed by atoms with Gasteiger partial charge in [0.1, 0.15) is 0 Å². The minimum absolute atomic E-state index is 0.247. The first kappa shape index (κ1) is 12.6. The second-order valence-electron chi connectivity index (χ2n) is 7.82. The first-order chi connectivity index (χ1) is 9.53. The Morgan fingerprint density at radius 3 is 2.90 bits per heavy atom. The molecule has 0 radical (unpaired) electrons. The van der Waals surface area contributed by atoms with Crippen LogP contribution in [0.1, 0.15) is 46.0 Å². The van der Waals surface area contributed by atoms with Gasteiger partial charge in [-0.25, -0.2) is 0 Å². The Labute approximate surface area is 121 Å². The molecule has 0 aromatic carbocycles. The van der Waals surface area contributed by atoms with Gasteiger partial charge >= 0.3 is 0 Å². The quantitative estimate of drug-likeness (QED) is 0.593. The number of hydrogen-bond donors (Lipinski definition) is 0. The number of carbonyl (C=O) groups excluding carboxylic acids is 1. The molecule has 4 rings (SSSR count). The third-order valence-electron chi connectivity index (χ3n) is 6.84. The SMILES string of the molecule is C[C@@]12C=CCC1C1C=CC3=CC(=O)CC[C@]3(C)C1CC2. The highest BCUT2D eigenvalue weighted by Gasteiger charge is 2.53. The molecule has 4 aliphatic carbocycles. The van der Waals surface area contributed by atoms with Gasteiger partial charge in [0.05, 0.1) is 0 Å². The Morgan fingerprint density at radius 2 is 2.05 bits per heavy atom. The molecule has 0 N–H and O–H groups in total. The highest BCUT2D eigenvalue weighted by Crippen LogP contribution is 2.61. The molecule has 0 amide bonds. The monoisotopic (exact) mass is 268 g/mol. The first-order valence-electron chi connectivity index (χ1n) is 8.14. The van der Waals surface area contributed by atoms with Crippen LogP contribution in [0.25, 0.3) is 0 Å². The average Bonchev–Trinajstić information content (AvgIpc) is 2.81. The largest absolute Gasteiger partial charge is 0.295 e. The lowest BCUT2D eigenvalue weighted by atomic mass is 9.49. The van der Waals surface area contributed by atoms with Crippen molar-refractivity contribution in [3.8, 4) is 0 Å². The molecule has 0 aliphatic heterocycles. The Balaban J connectivity index is 1.76. The molecule has 3 unspecified atom stereocenters. The van der Waals surface area contributed by atoms with Crippen LogP contribution in [0.3, 0.4) is 0 Å². The standard InChI is InChI=1S/C19H24O/c1-18-9-3-4-16(18)15-6-5-13-12-14(20)7-11-19(13,2)17(15)8-10-18/h3,5-6,9,12,15-17H,4,7-8,10-11H2,1-2H3/t15?,16?,17?,18-,19-/m0/s1. The van der Waals surface area contributed by atoms with Gasteiger partial charge in [-0.05, 0) is 65.9 Å². The minimum Gasteiger partial charge on any atom is -0.295 e. The fourth-order valence-electron chi connectivity index (χ4n) is 5.48. The van der Waals surface area contributed by atoms with Crippen molar-refractivity contribution in [1.82, 2.24) is 0 Å². The van der Waals surface area contributed by atoms with Crippen molar-refractivity contribution in [1.29, 1.82) is 0 Å². The molecule has 0 saturated heterocycles. The summed E-state index contributed by atoms with van der Waals surface area (Å²) < 4.78 is 0. The van der Waals surface area contributed by atoms with Crippen LogP contribution in [0.4, 0.5) is 0 Å². The van der Waals surface area contributed by atoms with Crippen molar-refractivity contribution in [3.63, 3.8) is 0 Å². The van der Waals surface area contributed by atoms with E-state index in [4.69, 9.17) is 0 Å². The predicted octanol–water partition coefficient (Wildman–Crippen LogP) is 4.46. The molecule has 0 heterocycles. The van der Waals surface area contributed by atoms with E-state index < -0.39 is 0 Å². The van der Waals surface area contributed by atoms with E-state index in [9.17, 15) is 4.79 Å². The van der Waals surface area contributed by atoms with E-state index in [1.165, 1.54) is 24.8 Å².